The summed E-state index contributed by atoms with van der Waals surface area (Å²) in [6.07, 6.45) is 0. The van der Waals surface area contributed by atoms with E-state index < -0.39 is 5.97 Å². The quantitative estimate of drug-likeness (QED) is 0.879. The second-order valence-electron chi connectivity index (χ2n) is 6.09. The Labute approximate surface area is 134 Å². The summed E-state index contributed by atoms with van der Waals surface area (Å²) in [4.78, 5) is 11.3. The Morgan fingerprint density at radius 1 is 1.22 bits per heavy atom. The van der Waals surface area contributed by atoms with Crippen molar-refractivity contribution in [3.05, 3.63) is 35.7 Å². The molecule has 7 heteroatoms. The topological polar surface area (TPSA) is 86.5 Å². The lowest BCUT2D eigenvalue weighted by Crippen LogP contribution is -2.23. The molecule has 0 radical (unpaired) electrons. The average molecular weight is 319 g/mol. The third-order valence-corrected chi connectivity index (χ3v) is 3.28. The molecule has 0 amide bonds. The fourth-order valence-electron chi connectivity index (χ4n) is 2.28. The number of rotatable bonds is 6. The lowest BCUT2D eigenvalue weighted by molar-refractivity contribution is 0.0687. The Morgan fingerprint density at radius 3 is 2.35 bits per heavy atom. The molecule has 1 aromatic carbocycles. The summed E-state index contributed by atoms with van der Waals surface area (Å²) in [6.45, 7) is 6.56. The number of carboxylic acids is 1. The van der Waals surface area contributed by atoms with E-state index in [9.17, 15) is 9.90 Å². The zero-order valence-corrected chi connectivity index (χ0v) is 13.7. The maximum absolute atomic E-state index is 11.3. The van der Waals surface area contributed by atoms with Crippen molar-refractivity contribution in [2.24, 2.45) is 0 Å². The van der Waals surface area contributed by atoms with Gasteiger partial charge in [0.15, 0.2) is 5.69 Å². The van der Waals surface area contributed by atoms with Crippen LogP contribution >= 0.6 is 0 Å². The van der Waals surface area contributed by atoms with E-state index >= 15 is 0 Å². The molecule has 23 heavy (non-hydrogen) atoms. The van der Waals surface area contributed by atoms with Crippen LogP contribution in [0.1, 0.15) is 37.0 Å². The first-order valence-corrected chi connectivity index (χ1v) is 7.27. The highest BCUT2D eigenvalue weighted by Crippen LogP contribution is 2.24. The molecule has 0 saturated carbocycles. The molecule has 2 rings (SSSR count). The number of carboxylic acid groups (broad SMARTS) is 1. The van der Waals surface area contributed by atoms with Crippen LogP contribution in [-0.4, -0.2) is 39.8 Å². The first-order valence-electron chi connectivity index (χ1n) is 7.27. The van der Waals surface area contributed by atoms with Gasteiger partial charge in [-0.05, 0) is 24.3 Å². The first kappa shape index (κ1) is 16.8. The van der Waals surface area contributed by atoms with Crippen molar-refractivity contribution in [2.75, 3.05) is 13.7 Å². The lowest BCUT2D eigenvalue weighted by atomic mass is 9.90. The SMILES string of the molecule is COc1ccc(OCCn2nnc(C(=O)O)c2C(C)(C)C)cc1. The fourth-order valence-corrected chi connectivity index (χ4v) is 2.28. The molecule has 2 aromatic rings. The van der Waals surface area contributed by atoms with E-state index in [0.29, 0.717) is 24.6 Å². The van der Waals surface area contributed by atoms with Crippen molar-refractivity contribution in [2.45, 2.75) is 32.7 Å². The lowest BCUT2D eigenvalue weighted by Gasteiger charge is -2.20. The van der Waals surface area contributed by atoms with Crippen LogP contribution in [0.2, 0.25) is 0 Å². The summed E-state index contributed by atoms with van der Waals surface area (Å²) in [5, 5.41) is 17.0. The van der Waals surface area contributed by atoms with Crippen LogP contribution < -0.4 is 9.47 Å². The molecule has 0 unspecified atom stereocenters. The predicted octanol–water partition coefficient (Wildman–Crippen LogP) is 2.36. The summed E-state index contributed by atoms with van der Waals surface area (Å²) in [6, 6.07) is 7.25. The fraction of sp³-hybridized carbons (Fsp3) is 0.438. The number of ether oxygens (including phenoxy) is 2. The van der Waals surface area contributed by atoms with E-state index in [2.05, 4.69) is 10.3 Å². The molecule has 1 N–H and O–H groups in total. The van der Waals surface area contributed by atoms with Gasteiger partial charge < -0.3 is 14.6 Å². The summed E-state index contributed by atoms with van der Waals surface area (Å²) >= 11 is 0. The van der Waals surface area contributed by atoms with E-state index in [0.717, 1.165) is 5.75 Å². The highest BCUT2D eigenvalue weighted by Gasteiger charge is 2.28. The number of hydrogen-bond acceptors (Lipinski definition) is 5. The minimum Gasteiger partial charge on any atom is -0.497 e. The van der Waals surface area contributed by atoms with Gasteiger partial charge in [-0.2, -0.15) is 0 Å². The molecule has 124 valence electrons. The maximum atomic E-state index is 11.3. The standard InChI is InChI=1S/C16H21N3O4/c1-16(2,3)14-13(15(20)21)17-18-19(14)9-10-23-12-7-5-11(22-4)6-8-12/h5-8H,9-10H2,1-4H3,(H,20,21). The van der Waals surface area contributed by atoms with Crippen molar-refractivity contribution in [3.8, 4) is 11.5 Å². The van der Waals surface area contributed by atoms with E-state index in [1.165, 1.54) is 0 Å². The van der Waals surface area contributed by atoms with Crippen molar-refractivity contribution < 1.29 is 19.4 Å². The van der Waals surface area contributed by atoms with Gasteiger partial charge in [0.1, 0.15) is 18.1 Å². The summed E-state index contributed by atoms with van der Waals surface area (Å²) in [7, 11) is 1.61. The smallest absolute Gasteiger partial charge is 0.358 e. The third-order valence-electron chi connectivity index (χ3n) is 3.28. The van der Waals surface area contributed by atoms with Crippen molar-refractivity contribution >= 4 is 5.97 Å². The van der Waals surface area contributed by atoms with Gasteiger partial charge in [0.2, 0.25) is 0 Å². The number of carbonyl (C=O) groups is 1. The molecule has 0 aliphatic carbocycles. The highest BCUT2D eigenvalue weighted by molar-refractivity contribution is 5.86. The molecule has 0 spiro atoms. The number of nitrogens with zero attached hydrogens (tertiary/aromatic N) is 3. The van der Waals surface area contributed by atoms with Crippen LogP contribution in [0.4, 0.5) is 0 Å². The molecule has 0 aliphatic heterocycles. The van der Waals surface area contributed by atoms with Gasteiger partial charge >= 0.3 is 5.97 Å². The molecule has 7 nitrogen and oxygen atoms in total. The van der Waals surface area contributed by atoms with Gasteiger partial charge in [0, 0.05) is 5.41 Å². The van der Waals surface area contributed by atoms with E-state index in [4.69, 9.17) is 9.47 Å². The van der Waals surface area contributed by atoms with E-state index in [-0.39, 0.29) is 11.1 Å². The molecular formula is C16H21N3O4. The number of aromatic nitrogens is 3. The monoisotopic (exact) mass is 319 g/mol. The molecule has 0 aliphatic rings. The van der Waals surface area contributed by atoms with Gasteiger partial charge in [-0.1, -0.05) is 26.0 Å². The predicted molar refractivity (Wildman–Crippen MR) is 84.2 cm³/mol. The zero-order chi connectivity index (χ0) is 17.0. The van der Waals surface area contributed by atoms with Crippen molar-refractivity contribution in [1.29, 1.82) is 0 Å². The number of aromatic carboxylic acids is 1. The largest absolute Gasteiger partial charge is 0.497 e. The number of benzene rings is 1. The van der Waals surface area contributed by atoms with Crippen LogP contribution in [0.5, 0.6) is 11.5 Å². The minimum atomic E-state index is -1.07. The Morgan fingerprint density at radius 2 is 1.83 bits per heavy atom. The Bertz CT molecular complexity index is 672. The normalized spacial score (nSPS) is 11.3. The Hall–Kier alpha value is -2.57. The summed E-state index contributed by atoms with van der Waals surface area (Å²) in [5.74, 6) is 0.397. The molecule has 0 bridgehead atoms. The number of hydrogen-bond donors (Lipinski definition) is 1. The third kappa shape index (κ3) is 4.00. The minimum absolute atomic E-state index is 0.0121. The zero-order valence-electron chi connectivity index (χ0n) is 13.7. The molecular weight excluding hydrogens is 298 g/mol. The maximum Gasteiger partial charge on any atom is 0.358 e. The average Bonchev–Trinajstić information content (AvgIpc) is 2.92. The number of methoxy groups -OCH3 is 1. The summed E-state index contributed by atoms with van der Waals surface area (Å²) < 4.78 is 12.3. The Kier molecular flexibility index (Phi) is 4.88. The molecule has 1 heterocycles. The molecule has 0 atom stereocenters. The van der Waals surface area contributed by atoms with Crippen molar-refractivity contribution in [1.82, 2.24) is 15.0 Å². The Balaban J connectivity index is 2.07. The molecule has 0 saturated heterocycles. The van der Waals surface area contributed by atoms with Crippen LogP contribution in [0.15, 0.2) is 24.3 Å². The van der Waals surface area contributed by atoms with Crippen LogP contribution in [0, 0.1) is 0 Å². The van der Waals surface area contributed by atoms with Gasteiger partial charge in [0.05, 0.1) is 19.3 Å². The first-order chi connectivity index (χ1) is 10.8. The molecule has 0 fully saturated rings. The van der Waals surface area contributed by atoms with Gasteiger partial charge in [-0.25, -0.2) is 9.48 Å². The van der Waals surface area contributed by atoms with E-state index in [1.54, 1.807) is 11.8 Å². The van der Waals surface area contributed by atoms with Crippen molar-refractivity contribution in [3.63, 3.8) is 0 Å². The van der Waals surface area contributed by atoms with Crippen LogP contribution in [0.25, 0.3) is 0 Å². The van der Waals surface area contributed by atoms with Gasteiger partial charge in [0.25, 0.3) is 0 Å². The summed E-state index contributed by atoms with van der Waals surface area (Å²) in [5.41, 5.74) is 0.197. The van der Waals surface area contributed by atoms with Gasteiger partial charge in [-0.15, -0.1) is 5.10 Å². The van der Waals surface area contributed by atoms with E-state index in [1.807, 2.05) is 45.0 Å². The second kappa shape index (κ2) is 6.68. The van der Waals surface area contributed by atoms with Gasteiger partial charge in [-0.3, -0.25) is 0 Å². The highest BCUT2D eigenvalue weighted by atomic mass is 16.5. The molecule has 1 aromatic heterocycles. The van der Waals surface area contributed by atoms with Crippen LogP contribution in [0.3, 0.4) is 0 Å². The second-order valence-corrected chi connectivity index (χ2v) is 6.09. The van der Waals surface area contributed by atoms with Crippen LogP contribution in [-0.2, 0) is 12.0 Å².